The third kappa shape index (κ3) is 5.37. The summed E-state index contributed by atoms with van der Waals surface area (Å²) >= 11 is 0. The van der Waals surface area contributed by atoms with Crippen molar-refractivity contribution >= 4 is 11.6 Å². The van der Waals surface area contributed by atoms with Gasteiger partial charge in [-0.2, -0.15) is 13.2 Å². The zero-order chi connectivity index (χ0) is 19.3. The van der Waals surface area contributed by atoms with Gasteiger partial charge in [-0.05, 0) is 25.0 Å². The van der Waals surface area contributed by atoms with Gasteiger partial charge in [0.05, 0.1) is 5.92 Å². The van der Waals surface area contributed by atoms with Gasteiger partial charge in [-0.25, -0.2) is 0 Å². The molecule has 0 radical (unpaired) electrons. The van der Waals surface area contributed by atoms with E-state index in [4.69, 9.17) is 0 Å². The molecule has 0 spiro atoms. The van der Waals surface area contributed by atoms with Crippen LogP contribution in [0.2, 0.25) is 0 Å². The van der Waals surface area contributed by atoms with Gasteiger partial charge in [0.2, 0.25) is 5.91 Å². The summed E-state index contributed by atoms with van der Waals surface area (Å²) in [5.74, 6) is -2.84. The highest BCUT2D eigenvalue weighted by molar-refractivity contribution is 5.79. The maximum Gasteiger partial charge on any atom is 0.392 e. The maximum absolute atomic E-state index is 13.1. The molecule has 1 aromatic carbocycles. The molecule has 2 fully saturated rings. The highest BCUT2D eigenvalue weighted by Gasteiger charge is 2.47. The first-order valence-electron chi connectivity index (χ1n) is 9.82. The first-order chi connectivity index (χ1) is 12.9. The molecule has 3 rings (SSSR count). The van der Waals surface area contributed by atoms with Crippen molar-refractivity contribution in [3.8, 4) is 0 Å². The van der Waals surface area contributed by atoms with Crippen LogP contribution in [0.25, 0.3) is 0 Å². The van der Waals surface area contributed by atoms with Crippen LogP contribution in [0.5, 0.6) is 0 Å². The summed E-state index contributed by atoms with van der Waals surface area (Å²) in [7, 11) is 0. The van der Waals surface area contributed by atoms with Crippen molar-refractivity contribution in [2.45, 2.75) is 31.9 Å². The lowest BCUT2D eigenvalue weighted by Crippen LogP contribution is -2.49. The lowest BCUT2D eigenvalue weighted by atomic mass is 9.78. The summed E-state index contributed by atoms with van der Waals surface area (Å²) in [5.41, 5.74) is 1.21. The number of hydrogen-bond acceptors (Lipinski definition) is 3. The van der Waals surface area contributed by atoms with Crippen molar-refractivity contribution in [2.24, 2.45) is 11.8 Å². The van der Waals surface area contributed by atoms with E-state index >= 15 is 0 Å². The van der Waals surface area contributed by atoms with E-state index in [2.05, 4.69) is 27.2 Å². The van der Waals surface area contributed by atoms with Gasteiger partial charge in [0, 0.05) is 50.9 Å². The summed E-state index contributed by atoms with van der Waals surface area (Å²) in [6, 6.07) is 10.2. The summed E-state index contributed by atoms with van der Waals surface area (Å²) in [6.07, 6.45) is -2.61. The SMILES string of the molecule is O=C(NCCN1CCN(c2ccccc2)CC1)C1CCCCC1C(F)(F)F. The number of piperazine rings is 1. The largest absolute Gasteiger partial charge is 0.392 e. The Kier molecular flexibility index (Phi) is 6.63. The number of alkyl halides is 3. The average molecular weight is 383 g/mol. The van der Waals surface area contributed by atoms with Gasteiger partial charge >= 0.3 is 6.18 Å². The van der Waals surface area contributed by atoms with Gasteiger partial charge in [0.25, 0.3) is 0 Å². The number of nitrogens with zero attached hydrogens (tertiary/aromatic N) is 2. The first kappa shape index (κ1) is 20.0. The molecule has 1 saturated carbocycles. The third-order valence-electron chi connectivity index (χ3n) is 5.74. The van der Waals surface area contributed by atoms with Crippen LogP contribution in [-0.4, -0.2) is 56.3 Å². The lowest BCUT2D eigenvalue weighted by Gasteiger charge is -2.36. The molecule has 0 bridgehead atoms. The van der Waals surface area contributed by atoms with E-state index in [9.17, 15) is 18.0 Å². The summed E-state index contributed by atoms with van der Waals surface area (Å²) in [6.45, 7) is 4.69. The zero-order valence-corrected chi connectivity index (χ0v) is 15.5. The Balaban J connectivity index is 1.40. The molecule has 7 heteroatoms. The van der Waals surface area contributed by atoms with Crippen molar-refractivity contribution < 1.29 is 18.0 Å². The quantitative estimate of drug-likeness (QED) is 0.848. The molecular weight excluding hydrogens is 355 g/mol. The second-order valence-electron chi connectivity index (χ2n) is 7.49. The normalized spacial score (nSPS) is 24.6. The number of rotatable bonds is 5. The van der Waals surface area contributed by atoms with Gasteiger partial charge in [-0.1, -0.05) is 31.0 Å². The fourth-order valence-electron chi connectivity index (χ4n) is 4.17. The monoisotopic (exact) mass is 383 g/mol. The Labute approximate surface area is 158 Å². The summed E-state index contributed by atoms with van der Waals surface area (Å²) in [5, 5.41) is 2.75. The van der Waals surface area contributed by atoms with Crippen LogP contribution in [0.4, 0.5) is 18.9 Å². The third-order valence-corrected chi connectivity index (χ3v) is 5.74. The minimum Gasteiger partial charge on any atom is -0.369 e. The molecule has 1 aromatic rings. The number of carbonyl (C=O) groups excluding carboxylic acids is 1. The first-order valence-corrected chi connectivity index (χ1v) is 9.82. The van der Waals surface area contributed by atoms with E-state index in [0.29, 0.717) is 32.4 Å². The van der Waals surface area contributed by atoms with Crippen LogP contribution in [0, 0.1) is 11.8 Å². The second kappa shape index (κ2) is 8.95. The van der Waals surface area contributed by atoms with Crippen molar-refractivity contribution in [1.82, 2.24) is 10.2 Å². The van der Waals surface area contributed by atoms with Crippen LogP contribution < -0.4 is 10.2 Å². The topological polar surface area (TPSA) is 35.6 Å². The Morgan fingerprint density at radius 1 is 1.04 bits per heavy atom. The molecule has 1 aliphatic carbocycles. The van der Waals surface area contributed by atoms with Gasteiger partial charge < -0.3 is 10.2 Å². The number of amides is 1. The van der Waals surface area contributed by atoms with Gasteiger partial charge in [0.15, 0.2) is 0 Å². The Morgan fingerprint density at radius 3 is 2.37 bits per heavy atom. The van der Waals surface area contributed by atoms with E-state index in [-0.39, 0.29) is 6.42 Å². The highest BCUT2D eigenvalue weighted by atomic mass is 19.4. The Hall–Kier alpha value is -1.76. The number of halogens is 3. The molecule has 1 heterocycles. The number of anilines is 1. The molecular formula is C20H28F3N3O. The molecule has 27 heavy (non-hydrogen) atoms. The minimum absolute atomic E-state index is 0.0725. The smallest absolute Gasteiger partial charge is 0.369 e. The van der Waals surface area contributed by atoms with E-state index < -0.39 is 23.9 Å². The molecule has 4 nitrogen and oxygen atoms in total. The number of benzene rings is 1. The van der Waals surface area contributed by atoms with E-state index in [1.54, 1.807) is 0 Å². The Bertz CT molecular complexity index is 600. The second-order valence-corrected chi connectivity index (χ2v) is 7.49. The molecule has 1 saturated heterocycles. The fraction of sp³-hybridized carbons (Fsp3) is 0.650. The van der Waals surface area contributed by atoms with Crippen LogP contribution in [0.3, 0.4) is 0 Å². The van der Waals surface area contributed by atoms with Crippen LogP contribution >= 0.6 is 0 Å². The van der Waals surface area contributed by atoms with Crippen molar-refractivity contribution in [1.29, 1.82) is 0 Å². The molecule has 2 atom stereocenters. The average Bonchev–Trinajstić information content (AvgIpc) is 2.68. The van der Waals surface area contributed by atoms with Crippen molar-refractivity contribution in [2.75, 3.05) is 44.2 Å². The highest BCUT2D eigenvalue weighted by Crippen LogP contribution is 2.41. The number of carbonyl (C=O) groups is 1. The van der Waals surface area contributed by atoms with Crippen molar-refractivity contribution in [3.05, 3.63) is 30.3 Å². The van der Waals surface area contributed by atoms with E-state index in [0.717, 1.165) is 26.2 Å². The lowest BCUT2D eigenvalue weighted by molar-refractivity contribution is -0.198. The van der Waals surface area contributed by atoms with Crippen LogP contribution in [-0.2, 0) is 4.79 Å². The number of nitrogens with one attached hydrogen (secondary N) is 1. The van der Waals surface area contributed by atoms with Gasteiger partial charge in [-0.15, -0.1) is 0 Å². The zero-order valence-electron chi connectivity index (χ0n) is 15.5. The predicted molar refractivity (Wildman–Crippen MR) is 99.6 cm³/mol. The van der Waals surface area contributed by atoms with Crippen LogP contribution in [0.1, 0.15) is 25.7 Å². The fourth-order valence-corrected chi connectivity index (χ4v) is 4.17. The molecule has 2 aliphatic rings. The van der Waals surface area contributed by atoms with E-state index in [1.165, 1.54) is 5.69 Å². The Morgan fingerprint density at radius 2 is 1.70 bits per heavy atom. The summed E-state index contributed by atoms with van der Waals surface area (Å²) < 4.78 is 39.4. The van der Waals surface area contributed by atoms with Gasteiger partial charge in [-0.3, -0.25) is 9.69 Å². The minimum atomic E-state index is -4.28. The standard InChI is InChI=1S/C20H28F3N3O/c21-20(22,23)18-9-5-4-8-17(18)19(27)24-10-11-25-12-14-26(15-13-25)16-6-2-1-3-7-16/h1-3,6-7,17-18H,4-5,8-15H2,(H,24,27). The molecule has 0 aromatic heterocycles. The van der Waals surface area contributed by atoms with E-state index in [1.807, 2.05) is 18.2 Å². The van der Waals surface area contributed by atoms with Gasteiger partial charge in [0.1, 0.15) is 0 Å². The number of para-hydroxylation sites is 1. The molecule has 150 valence electrons. The molecule has 2 unspecified atom stereocenters. The predicted octanol–water partition coefficient (Wildman–Crippen LogP) is 3.29. The summed E-state index contributed by atoms with van der Waals surface area (Å²) in [4.78, 5) is 16.9. The maximum atomic E-state index is 13.1. The number of hydrogen-bond donors (Lipinski definition) is 1. The molecule has 1 amide bonds. The van der Waals surface area contributed by atoms with Crippen molar-refractivity contribution in [3.63, 3.8) is 0 Å². The van der Waals surface area contributed by atoms with Crippen LogP contribution in [0.15, 0.2) is 30.3 Å². The molecule has 1 N–H and O–H groups in total. The molecule has 1 aliphatic heterocycles.